The normalized spacial score (nSPS) is 10.5. The van der Waals surface area contributed by atoms with Crippen LogP contribution < -0.4 is 5.32 Å². The molecule has 0 radical (unpaired) electrons. The predicted molar refractivity (Wildman–Crippen MR) is 88.8 cm³/mol. The van der Waals surface area contributed by atoms with Crippen molar-refractivity contribution in [2.45, 2.75) is 13.8 Å². The molecule has 2 nitrogen and oxygen atoms in total. The van der Waals surface area contributed by atoms with E-state index >= 15 is 0 Å². The van der Waals surface area contributed by atoms with Gasteiger partial charge in [0.1, 0.15) is 5.82 Å². The van der Waals surface area contributed by atoms with Crippen molar-refractivity contribution in [2.24, 2.45) is 0 Å². The van der Waals surface area contributed by atoms with E-state index < -0.39 is 0 Å². The van der Waals surface area contributed by atoms with Gasteiger partial charge in [0.15, 0.2) is 0 Å². The Morgan fingerprint density at radius 3 is 2.36 bits per heavy atom. The van der Waals surface area contributed by atoms with Crippen LogP contribution in [0.25, 0.3) is 11.3 Å². The molecule has 0 unspecified atom stereocenters. The number of halogens is 1. The lowest BCUT2D eigenvalue weighted by molar-refractivity contribution is 0.630. The van der Waals surface area contributed by atoms with E-state index in [4.69, 9.17) is 0 Å². The zero-order valence-electron chi connectivity index (χ0n) is 12.6. The summed E-state index contributed by atoms with van der Waals surface area (Å²) in [7, 11) is 0. The number of pyridine rings is 1. The summed E-state index contributed by atoms with van der Waals surface area (Å²) in [5, 5.41) is 3.11. The summed E-state index contributed by atoms with van der Waals surface area (Å²) in [4.78, 5) is 4.47. The third-order valence-electron chi connectivity index (χ3n) is 3.57. The van der Waals surface area contributed by atoms with Gasteiger partial charge in [-0.05, 0) is 43.2 Å². The molecule has 0 atom stereocenters. The van der Waals surface area contributed by atoms with Gasteiger partial charge in [-0.15, -0.1) is 0 Å². The van der Waals surface area contributed by atoms with Crippen LogP contribution in [0.2, 0.25) is 0 Å². The number of nitrogens with zero attached hydrogens (tertiary/aromatic N) is 1. The van der Waals surface area contributed by atoms with Gasteiger partial charge in [0.05, 0.1) is 23.3 Å². The van der Waals surface area contributed by atoms with E-state index in [1.54, 1.807) is 12.3 Å². The molecule has 3 aromatic rings. The average molecular weight is 292 g/mol. The molecule has 2 aromatic carbocycles. The van der Waals surface area contributed by atoms with Crippen molar-refractivity contribution in [2.75, 3.05) is 5.32 Å². The van der Waals surface area contributed by atoms with E-state index in [2.05, 4.69) is 10.3 Å². The molecule has 3 heteroatoms. The van der Waals surface area contributed by atoms with Gasteiger partial charge >= 0.3 is 0 Å². The van der Waals surface area contributed by atoms with Crippen molar-refractivity contribution < 1.29 is 4.39 Å². The number of nitrogens with one attached hydrogen (secondary N) is 1. The second-order valence-electron chi connectivity index (χ2n) is 5.36. The first-order valence-electron chi connectivity index (χ1n) is 7.19. The summed E-state index contributed by atoms with van der Waals surface area (Å²) in [6, 6.07) is 17.1. The molecule has 0 saturated heterocycles. The summed E-state index contributed by atoms with van der Waals surface area (Å²) in [6.07, 6.45) is 1.75. The van der Waals surface area contributed by atoms with Crippen LogP contribution in [0.4, 0.5) is 15.8 Å². The molecule has 0 fully saturated rings. The molecule has 1 N–H and O–H groups in total. The van der Waals surface area contributed by atoms with Crippen LogP contribution in [0.5, 0.6) is 0 Å². The van der Waals surface area contributed by atoms with E-state index in [0.29, 0.717) is 5.69 Å². The SMILES string of the molecule is Cc1ccc(Nc2cnc(-c3ccccc3)cc2C)c(F)c1. The highest BCUT2D eigenvalue weighted by atomic mass is 19.1. The van der Waals surface area contributed by atoms with Crippen molar-refractivity contribution in [1.82, 2.24) is 4.98 Å². The first kappa shape index (κ1) is 14.3. The number of anilines is 2. The zero-order chi connectivity index (χ0) is 15.5. The van der Waals surface area contributed by atoms with Crippen molar-refractivity contribution in [1.29, 1.82) is 0 Å². The number of aryl methyl sites for hydroxylation is 2. The highest BCUT2D eigenvalue weighted by Crippen LogP contribution is 2.26. The van der Waals surface area contributed by atoms with Crippen molar-refractivity contribution in [3.05, 3.63) is 77.7 Å². The van der Waals surface area contributed by atoms with Gasteiger partial charge in [-0.3, -0.25) is 4.98 Å². The first-order chi connectivity index (χ1) is 10.6. The van der Waals surface area contributed by atoms with Gasteiger partial charge in [0, 0.05) is 5.56 Å². The molecule has 0 saturated carbocycles. The lowest BCUT2D eigenvalue weighted by atomic mass is 10.1. The van der Waals surface area contributed by atoms with E-state index in [0.717, 1.165) is 28.1 Å². The van der Waals surface area contributed by atoms with Gasteiger partial charge in [-0.1, -0.05) is 36.4 Å². The van der Waals surface area contributed by atoms with Crippen LogP contribution in [0.1, 0.15) is 11.1 Å². The monoisotopic (exact) mass is 292 g/mol. The summed E-state index contributed by atoms with van der Waals surface area (Å²) in [6.45, 7) is 3.86. The zero-order valence-corrected chi connectivity index (χ0v) is 12.6. The molecule has 0 aliphatic heterocycles. The number of aromatic nitrogens is 1. The van der Waals surface area contributed by atoms with Crippen LogP contribution in [0.15, 0.2) is 60.8 Å². The largest absolute Gasteiger partial charge is 0.352 e. The smallest absolute Gasteiger partial charge is 0.146 e. The maximum atomic E-state index is 13.9. The van der Waals surface area contributed by atoms with Crippen LogP contribution in [0.3, 0.4) is 0 Å². The van der Waals surface area contributed by atoms with E-state index in [1.807, 2.05) is 56.3 Å². The molecule has 0 amide bonds. The van der Waals surface area contributed by atoms with Crippen LogP contribution in [-0.2, 0) is 0 Å². The van der Waals surface area contributed by atoms with Crippen LogP contribution >= 0.6 is 0 Å². The minimum Gasteiger partial charge on any atom is -0.352 e. The summed E-state index contributed by atoms with van der Waals surface area (Å²) in [5.41, 5.74) is 5.17. The molecule has 1 heterocycles. The molecule has 0 aliphatic rings. The molecule has 22 heavy (non-hydrogen) atoms. The quantitative estimate of drug-likeness (QED) is 0.713. The van der Waals surface area contributed by atoms with Crippen molar-refractivity contribution >= 4 is 11.4 Å². The number of hydrogen-bond acceptors (Lipinski definition) is 2. The fourth-order valence-electron chi connectivity index (χ4n) is 2.32. The first-order valence-corrected chi connectivity index (χ1v) is 7.19. The topological polar surface area (TPSA) is 24.9 Å². The minimum absolute atomic E-state index is 0.258. The Bertz CT molecular complexity index is 798. The van der Waals surface area contributed by atoms with Gasteiger partial charge in [-0.2, -0.15) is 0 Å². The van der Waals surface area contributed by atoms with Crippen LogP contribution in [-0.4, -0.2) is 4.98 Å². The van der Waals surface area contributed by atoms with E-state index in [-0.39, 0.29) is 5.82 Å². The maximum absolute atomic E-state index is 13.9. The Hall–Kier alpha value is -2.68. The van der Waals surface area contributed by atoms with Gasteiger partial charge in [-0.25, -0.2) is 4.39 Å². The van der Waals surface area contributed by atoms with E-state index in [1.165, 1.54) is 6.07 Å². The van der Waals surface area contributed by atoms with Crippen LogP contribution in [0, 0.1) is 19.7 Å². The van der Waals surface area contributed by atoms with E-state index in [9.17, 15) is 4.39 Å². The Morgan fingerprint density at radius 1 is 0.909 bits per heavy atom. The molecule has 3 rings (SSSR count). The van der Waals surface area contributed by atoms with Gasteiger partial charge in [0.25, 0.3) is 0 Å². The Labute approximate surface area is 129 Å². The predicted octanol–water partition coefficient (Wildman–Crippen LogP) is 5.25. The highest BCUT2D eigenvalue weighted by Gasteiger charge is 2.07. The molecule has 1 aromatic heterocycles. The summed E-state index contributed by atoms with van der Waals surface area (Å²) < 4.78 is 13.9. The highest BCUT2D eigenvalue weighted by molar-refractivity contribution is 5.67. The molecular weight excluding hydrogens is 275 g/mol. The minimum atomic E-state index is -0.258. The second kappa shape index (κ2) is 5.98. The number of rotatable bonds is 3. The molecule has 110 valence electrons. The van der Waals surface area contributed by atoms with Crippen molar-refractivity contribution in [3.63, 3.8) is 0 Å². The lowest BCUT2D eigenvalue weighted by Crippen LogP contribution is -1.98. The van der Waals surface area contributed by atoms with Crippen molar-refractivity contribution in [3.8, 4) is 11.3 Å². The molecule has 0 bridgehead atoms. The standard InChI is InChI=1S/C19H17FN2/c1-13-8-9-17(16(20)10-13)22-19-12-21-18(11-14(19)2)15-6-4-3-5-7-15/h3-12,22H,1-2H3. The Balaban J connectivity index is 1.90. The van der Waals surface area contributed by atoms with Gasteiger partial charge in [0.2, 0.25) is 0 Å². The summed E-state index contributed by atoms with van der Waals surface area (Å²) in [5.74, 6) is -0.258. The molecule has 0 spiro atoms. The maximum Gasteiger partial charge on any atom is 0.146 e. The summed E-state index contributed by atoms with van der Waals surface area (Å²) >= 11 is 0. The van der Waals surface area contributed by atoms with Gasteiger partial charge < -0.3 is 5.32 Å². The molecule has 0 aliphatic carbocycles. The average Bonchev–Trinajstić information content (AvgIpc) is 2.52. The third-order valence-corrected chi connectivity index (χ3v) is 3.57. The fourth-order valence-corrected chi connectivity index (χ4v) is 2.32. The lowest BCUT2D eigenvalue weighted by Gasteiger charge is -2.12. The Kier molecular flexibility index (Phi) is 3.88. The second-order valence-corrected chi connectivity index (χ2v) is 5.36. The Morgan fingerprint density at radius 2 is 1.68 bits per heavy atom. The molecular formula is C19H17FN2. The third kappa shape index (κ3) is 2.98. The fraction of sp³-hybridized carbons (Fsp3) is 0.105. The number of benzene rings is 2. The number of hydrogen-bond donors (Lipinski definition) is 1.